The normalized spacial score (nSPS) is 12.1. The molecule has 7 nitrogen and oxygen atoms in total. The van der Waals surface area contributed by atoms with Crippen LogP contribution in [-0.2, 0) is 17.8 Å². The molecule has 33 heavy (non-hydrogen) atoms. The highest BCUT2D eigenvalue weighted by atomic mass is 19.1. The molecule has 0 aliphatic carbocycles. The van der Waals surface area contributed by atoms with Gasteiger partial charge in [-0.1, -0.05) is 18.2 Å². The number of carbonyl (C=O) groups is 1. The summed E-state index contributed by atoms with van der Waals surface area (Å²) >= 11 is 0. The molecule has 0 spiro atoms. The first-order valence-corrected chi connectivity index (χ1v) is 10.5. The lowest BCUT2D eigenvalue weighted by atomic mass is 10.1. The molecule has 0 atom stereocenters. The van der Waals surface area contributed by atoms with Gasteiger partial charge in [-0.05, 0) is 55.0 Å². The molecule has 1 aliphatic rings. The summed E-state index contributed by atoms with van der Waals surface area (Å²) in [4.78, 5) is 25.1. The number of benzene rings is 2. The van der Waals surface area contributed by atoms with Crippen LogP contribution in [0.15, 0.2) is 60.7 Å². The molecule has 0 fully saturated rings. The molecule has 2 aromatic heterocycles. The quantitative estimate of drug-likeness (QED) is 0.466. The van der Waals surface area contributed by atoms with Crippen molar-refractivity contribution in [2.24, 2.45) is 0 Å². The predicted octanol–water partition coefficient (Wildman–Crippen LogP) is 4.17. The number of fused-ring (bicyclic) bond motifs is 1. The molecular weight excluding hydrogens is 423 g/mol. The fourth-order valence-corrected chi connectivity index (χ4v) is 3.66. The average molecular weight is 444 g/mol. The van der Waals surface area contributed by atoms with Crippen molar-refractivity contribution < 1.29 is 18.7 Å². The van der Waals surface area contributed by atoms with Crippen LogP contribution in [0.1, 0.15) is 17.1 Å². The zero-order valence-electron chi connectivity index (χ0n) is 17.9. The molecule has 2 N–H and O–H groups in total. The zero-order chi connectivity index (χ0) is 22.8. The average Bonchev–Trinajstić information content (AvgIpc) is 3.46. The standard InChI is InChI=1S/C25H21FN4O3/c1-15-3-2-4-19(28-15)25-24(17-7-10-20-21(12-17)33-14-32-20)29-22(30-25)13-27-23(31)11-16-5-8-18(26)9-6-16/h2-10,12H,11,13-14H2,1H3,(H,27,31)(H,29,30). The number of amides is 1. The number of ether oxygens (including phenoxy) is 2. The topological polar surface area (TPSA) is 89.1 Å². The first kappa shape index (κ1) is 20.7. The van der Waals surface area contributed by atoms with Crippen LogP contribution >= 0.6 is 0 Å². The summed E-state index contributed by atoms with van der Waals surface area (Å²) < 4.78 is 24.0. The van der Waals surface area contributed by atoms with Crippen LogP contribution in [0.25, 0.3) is 22.6 Å². The minimum absolute atomic E-state index is 0.155. The van der Waals surface area contributed by atoms with Gasteiger partial charge in [0.1, 0.15) is 11.6 Å². The summed E-state index contributed by atoms with van der Waals surface area (Å²) in [7, 11) is 0. The molecule has 4 aromatic rings. The molecule has 5 rings (SSSR count). The first-order chi connectivity index (χ1) is 16.0. The zero-order valence-corrected chi connectivity index (χ0v) is 17.9. The van der Waals surface area contributed by atoms with E-state index in [1.165, 1.54) is 12.1 Å². The largest absolute Gasteiger partial charge is 0.454 e. The van der Waals surface area contributed by atoms with Gasteiger partial charge in [0.15, 0.2) is 11.5 Å². The third kappa shape index (κ3) is 4.55. The Bertz CT molecular complexity index is 1320. The second-order valence-electron chi connectivity index (χ2n) is 7.72. The van der Waals surface area contributed by atoms with Crippen molar-refractivity contribution in [1.29, 1.82) is 0 Å². The molecule has 1 amide bonds. The Morgan fingerprint density at radius 2 is 1.88 bits per heavy atom. The minimum Gasteiger partial charge on any atom is -0.454 e. The van der Waals surface area contributed by atoms with Crippen molar-refractivity contribution in [3.8, 4) is 34.1 Å². The van der Waals surface area contributed by atoms with Crippen molar-refractivity contribution in [3.05, 3.63) is 83.6 Å². The number of carbonyl (C=O) groups excluding carboxylic acids is 1. The van der Waals surface area contributed by atoms with E-state index in [-0.39, 0.29) is 31.5 Å². The Hall–Kier alpha value is -4.20. The fraction of sp³-hybridized carbons (Fsp3) is 0.160. The Morgan fingerprint density at radius 1 is 1.06 bits per heavy atom. The molecule has 0 saturated heterocycles. The van der Waals surface area contributed by atoms with Crippen molar-refractivity contribution in [1.82, 2.24) is 20.3 Å². The van der Waals surface area contributed by atoms with Crippen molar-refractivity contribution in [3.63, 3.8) is 0 Å². The smallest absolute Gasteiger partial charge is 0.231 e. The fourth-order valence-electron chi connectivity index (χ4n) is 3.66. The van der Waals surface area contributed by atoms with Crippen LogP contribution in [-0.4, -0.2) is 27.7 Å². The minimum atomic E-state index is -0.330. The van der Waals surface area contributed by atoms with E-state index in [2.05, 4.69) is 15.3 Å². The van der Waals surface area contributed by atoms with Gasteiger partial charge in [0.2, 0.25) is 12.7 Å². The Morgan fingerprint density at radius 3 is 2.70 bits per heavy atom. The van der Waals surface area contributed by atoms with Crippen LogP contribution in [0.3, 0.4) is 0 Å². The molecule has 8 heteroatoms. The van der Waals surface area contributed by atoms with Crippen LogP contribution in [0.5, 0.6) is 11.5 Å². The van der Waals surface area contributed by atoms with Crippen LogP contribution in [0.4, 0.5) is 4.39 Å². The second-order valence-corrected chi connectivity index (χ2v) is 7.72. The molecule has 0 unspecified atom stereocenters. The van der Waals surface area contributed by atoms with Gasteiger partial charge >= 0.3 is 0 Å². The summed E-state index contributed by atoms with van der Waals surface area (Å²) in [6.07, 6.45) is 0.155. The SMILES string of the molecule is Cc1cccc(-c2[nH]c(CNC(=O)Cc3ccc(F)cc3)nc2-c2ccc3c(c2)OCO3)n1. The Balaban J connectivity index is 1.40. The number of aromatic amines is 1. The second kappa shape index (κ2) is 8.74. The number of hydrogen-bond donors (Lipinski definition) is 2. The molecule has 2 aromatic carbocycles. The number of nitrogens with one attached hydrogen (secondary N) is 2. The highest BCUT2D eigenvalue weighted by Gasteiger charge is 2.20. The molecule has 1 aliphatic heterocycles. The summed E-state index contributed by atoms with van der Waals surface area (Å²) in [5.41, 5.74) is 4.67. The predicted molar refractivity (Wildman–Crippen MR) is 120 cm³/mol. The number of aromatic nitrogens is 3. The number of halogens is 1. The van der Waals surface area contributed by atoms with E-state index in [1.54, 1.807) is 12.1 Å². The number of rotatable bonds is 6. The van der Waals surface area contributed by atoms with E-state index in [1.807, 2.05) is 43.3 Å². The summed E-state index contributed by atoms with van der Waals surface area (Å²) in [6, 6.07) is 17.3. The van der Waals surface area contributed by atoms with Gasteiger partial charge < -0.3 is 19.8 Å². The molecule has 3 heterocycles. The highest BCUT2D eigenvalue weighted by molar-refractivity contribution is 5.79. The van der Waals surface area contributed by atoms with E-state index in [4.69, 9.17) is 14.5 Å². The van der Waals surface area contributed by atoms with Crippen LogP contribution in [0, 0.1) is 12.7 Å². The lowest BCUT2D eigenvalue weighted by molar-refractivity contribution is -0.120. The van der Waals surface area contributed by atoms with Crippen molar-refractivity contribution in [2.45, 2.75) is 19.9 Å². The van der Waals surface area contributed by atoms with Crippen LogP contribution in [0.2, 0.25) is 0 Å². The molecular formula is C25H21FN4O3. The summed E-state index contributed by atoms with van der Waals surface area (Å²) in [5.74, 6) is 1.43. The monoisotopic (exact) mass is 444 g/mol. The third-order valence-corrected chi connectivity index (χ3v) is 5.27. The number of imidazole rings is 1. The van der Waals surface area contributed by atoms with Gasteiger partial charge in [0, 0.05) is 11.3 Å². The van der Waals surface area contributed by atoms with Gasteiger partial charge in [0.25, 0.3) is 0 Å². The lowest BCUT2D eigenvalue weighted by Crippen LogP contribution is -2.25. The van der Waals surface area contributed by atoms with E-state index in [0.717, 1.165) is 28.2 Å². The van der Waals surface area contributed by atoms with Gasteiger partial charge in [-0.3, -0.25) is 9.78 Å². The van der Waals surface area contributed by atoms with Gasteiger partial charge in [0.05, 0.1) is 30.0 Å². The third-order valence-electron chi connectivity index (χ3n) is 5.27. The molecule has 0 bridgehead atoms. The molecule has 0 radical (unpaired) electrons. The van der Waals surface area contributed by atoms with Gasteiger partial charge in [-0.25, -0.2) is 9.37 Å². The number of aryl methyl sites for hydroxylation is 1. The van der Waals surface area contributed by atoms with E-state index >= 15 is 0 Å². The Kier molecular flexibility index (Phi) is 5.48. The molecule has 0 saturated carbocycles. The lowest BCUT2D eigenvalue weighted by Gasteiger charge is -2.04. The van der Waals surface area contributed by atoms with Gasteiger partial charge in [-0.2, -0.15) is 0 Å². The van der Waals surface area contributed by atoms with E-state index in [0.29, 0.717) is 23.0 Å². The first-order valence-electron chi connectivity index (χ1n) is 10.5. The number of pyridine rings is 1. The van der Waals surface area contributed by atoms with Crippen molar-refractivity contribution >= 4 is 5.91 Å². The van der Waals surface area contributed by atoms with E-state index < -0.39 is 0 Å². The maximum Gasteiger partial charge on any atom is 0.231 e. The maximum absolute atomic E-state index is 13.1. The molecule has 166 valence electrons. The summed E-state index contributed by atoms with van der Waals surface area (Å²) in [6.45, 7) is 2.33. The summed E-state index contributed by atoms with van der Waals surface area (Å²) in [5, 5.41) is 2.87. The van der Waals surface area contributed by atoms with Gasteiger partial charge in [-0.15, -0.1) is 0 Å². The highest BCUT2D eigenvalue weighted by Crippen LogP contribution is 2.38. The number of H-pyrrole nitrogens is 1. The van der Waals surface area contributed by atoms with Crippen molar-refractivity contribution in [2.75, 3.05) is 6.79 Å². The van der Waals surface area contributed by atoms with Crippen LogP contribution < -0.4 is 14.8 Å². The number of nitrogens with zero attached hydrogens (tertiary/aromatic N) is 2. The Labute approximate surface area is 189 Å². The maximum atomic E-state index is 13.1. The number of hydrogen-bond acceptors (Lipinski definition) is 5. The van der Waals surface area contributed by atoms with E-state index in [9.17, 15) is 9.18 Å².